The van der Waals surface area contributed by atoms with Gasteiger partial charge in [0.05, 0.1) is 29.7 Å². The second-order valence-corrected chi connectivity index (χ2v) is 8.07. The molecule has 0 amide bonds. The Kier molecular flexibility index (Phi) is 4.90. The first-order valence-electron chi connectivity index (χ1n) is 8.26. The van der Waals surface area contributed by atoms with E-state index in [4.69, 9.17) is 4.74 Å². The molecule has 2 aromatic carbocycles. The van der Waals surface area contributed by atoms with Crippen molar-refractivity contribution in [2.24, 2.45) is 0 Å². The predicted molar refractivity (Wildman–Crippen MR) is 103 cm³/mol. The van der Waals surface area contributed by atoms with E-state index in [9.17, 15) is 4.79 Å². The summed E-state index contributed by atoms with van der Waals surface area (Å²) >= 11 is 3.37. The Balaban J connectivity index is 1.21. The first-order valence-corrected chi connectivity index (χ1v) is 10.1. The molecule has 6 heteroatoms. The molecule has 2 heterocycles. The summed E-state index contributed by atoms with van der Waals surface area (Å²) in [5, 5.41) is 1.01. The Hall–Kier alpha value is -2.05. The number of thiazole rings is 1. The standard InChI is InChI=1S/C19H18N2O2S2/c22-18(10-11-24-15-6-2-1-3-7-15)23-14-12-21(13-14)19-20-16-8-4-5-9-17(16)25-19/h1-9,14H,10-13H2. The molecule has 25 heavy (non-hydrogen) atoms. The lowest BCUT2D eigenvalue weighted by atomic mass is 10.2. The van der Waals surface area contributed by atoms with Crippen molar-refractivity contribution in [1.29, 1.82) is 0 Å². The van der Waals surface area contributed by atoms with Gasteiger partial charge in [0.2, 0.25) is 0 Å². The number of anilines is 1. The molecule has 0 saturated carbocycles. The molecule has 3 aromatic rings. The molecule has 4 nitrogen and oxygen atoms in total. The highest BCUT2D eigenvalue weighted by Gasteiger charge is 2.31. The summed E-state index contributed by atoms with van der Waals surface area (Å²) in [6, 6.07) is 18.2. The number of esters is 1. The maximum atomic E-state index is 12.0. The lowest BCUT2D eigenvalue weighted by Gasteiger charge is -2.38. The number of para-hydroxylation sites is 1. The number of hydrogen-bond acceptors (Lipinski definition) is 6. The quantitative estimate of drug-likeness (QED) is 0.480. The lowest BCUT2D eigenvalue weighted by molar-refractivity contribution is -0.149. The summed E-state index contributed by atoms with van der Waals surface area (Å²) in [6.45, 7) is 1.47. The highest BCUT2D eigenvalue weighted by atomic mass is 32.2. The lowest BCUT2D eigenvalue weighted by Crippen LogP contribution is -2.53. The fourth-order valence-corrected chi connectivity index (χ4v) is 4.52. The summed E-state index contributed by atoms with van der Waals surface area (Å²) < 4.78 is 6.72. The number of ether oxygens (including phenoxy) is 1. The van der Waals surface area contributed by atoms with Gasteiger partial charge in [0.15, 0.2) is 5.13 Å². The normalized spacial score (nSPS) is 14.5. The van der Waals surface area contributed by atoms with Crippen LogP contribution in [-0.4, -0.2) is 35.9 Å². The summed E-state index contributed by atoms with van der Waals surface area (Å²) in [6.07, 6.45) is 0.429. The van der Waals surface area contributed by atoms with Gasteiger partial charge >= 0.3 is 5.97 Å². The van der Waals surface area contributed by atoms with E-state index in [0.717, 1.165) is 29.5 Å². The highest BCUT2D eigenvalue weighted by molar-refractivity contribution is 7.99. The van der Waals surface area contributed by atoms with Crippen molar-refractivity contribution in [1.82, 2.24) is 4.98 Å². The van der Waals surface area contributed by atoms with Crippen molar-refractivity contribution in [3.63, 3.8) is 0 Å². The van der Waals surface area contributed by atoms with Crippen LogP contribution in [0.2, 0.25) is 0 Å². The predicted octanol–water partition coefficient (Wildman–Crippen LogP) is 4.21. The van der Waals surface area contributed by atoms with Crippen LogP contribution in [0.5, 0.6) is 0 Å². The van der Waals surface area contributed by atoms with Crippen LogP contribution >= 0.6 is 23.1 Å². The third-order valence-electron chi connectivity index (χ3n) is 4.02. The smallest absolute Gasteiger partial charge is 0.307 e. The fourth-order valence-electron chi connectivity index (χ4n) is 2.68. The van der Waals surface area contributed by atoms with E-state index in [1.54, 1.807) is 23.1 Å². The van der Waals surface area contributed by atoms with E-state index in [1.165, 1.54) is 9.60 Å². The number of hydrogen-bond donors (Lipinski definition) is 0. The molecule has 0 unspecified atom stereocenters. The maximum absolute atomic E-state index is 12.0. The summed E-state index contributed by atoms with van der Waals surface area (Å²) in [4.78, 5) is 19.9. The van der Waals surface area contributed by atoms with Crippen molar-refractivity contribution in [2.45, 2.75) is 17.4 Å². The molecule has 1 aliphatic heterocycles. The van der Waals surface area contributed by atoms with Crippen LogP contribution in [0.3, 0.4) is 0 Å². The zero-order valence-corrected chi connectivity index (χ0v) is 15.3. The second-order valence-electron chi connectivity index (χ2n) is 5.89. The number of rotatable bonds is 6. The Morgan fingerprint density at radius 1 is 1.16 bits per heavy atom. The van der Waals surface area contributed by atoms with Gasteiger partial charge in [-0.15, -0.1) is 11.8 Å². The van der Waals surface area contributed by atoms with Gasteiger partial charge in [-0.1, -0.05) is 41.7 Å². The van der Waals surface area contributed by atoms with Crippen LogP contribution in [-0.2, 0) is 9.53 Å². The van der Waals surface area contributed by atoms with Gasteiger partial charge in [-0.2, -0.15) is 0 Å². The Morgan fingerprint density at radius 3 is 2.72 bits per heavy atom. The number of thioether (sulfide) groups is 1. The number of fused-ring (bicyclic) bond motifs is 1. The second kappa shape index (κ2) is 7.45. The van der Waals surface area contributed by atoms with E-state index in [-0.39, 0.29) is 12.1 Å². The number of carbonyl (C=O) groups is 1. The van der Waals surface area contributed by atoms with Gasteiger partial charge < -0.3 is 9.64 Å². The molecule has 0 spiro atoms. The maximum Gasteiger partial charge on any atom is 0.307 e. The van der Waals surface area contributed by atoms with Gasteiger partial charge in [-0.3, -0.25) is 4.79 Å². The van der Waals surface area contributed by atoms with Crippen LogP contribution in [0, 0.1) is 0 Å². The molecule has 1 fully saturated rings. The topological polar surface area (TPSA) is 42.4 Å². The van der Waals surface area contributed by atoms with Gasteiger partial charge in [0.1, 0.15) is 6.10 Å². The molecule has 0 aliphatic carbocycles. The number of nitrogens with zero attached hydrogens (tertiary/aromatic N) is 2. The van der Waals surface area contributed by atoms with Gasteiger partial charge in [-0.25, -0.2) is 4.98 Å². The van der Waals surface area contributed by atoms with E-state index in [0.29, 0.717) is 6.42 Å². The third-order valence-corrected chi connectivity index (χ3v) is 6.13. The largest absolute Gasteiger partial charge is 0.459 e. The average molecular weight is 370 g/mol. The van der Waals surface area contributed by atoms with Crippen molar-refractivity contribution in [3.05, 3.63) is 54.6 Å². The summed E-state index contributed by atoms with van der Waals surface area (Å²) in [5.74, 6) is 0.634. The number of aromatic nitrogens is 1. The van der Waals surface area contributed by atoms with Gasteiger partial charge in [0, 0.05) is 10.6 Å². The molecular formula is C19H18N2O2S2. The van der Waals surface area contributed by atoms with Gasteiger partial charge in [0.25, 0.3) is 0 Å². The van der Waals surface area contributed by atoms with E-state index < -0.39 is 0 Å². The minimum Gasteiger partial charge on any atom is -0.459 e. The Labute approximate surface area is 154 Å². The molecule has 0 bridgehead atoms. The first kappa shape index (κ1) is 16.4. The van der Waals surface area contributed by atoms with Crippen LogP contribution in [0.1, 0.15) is 6.42 Å². The molecule has 4 rings (SSSR count). The number of benzene rings is 2. The van der Waals surface area contributed by atoms with Crippen molar-refractivity contribution >= 4 is 44.4 Å². The van der Waals surface area contributed by atoms with Crippen LogP contribution in [0.4, 0.5) is 5.13 Å². The first-order chi connectivity index (χ1) is 12.3. The average Bonchev–Trinajstić information content (AvgIpc) is 3.02. The molecule has 0 radical (unpaired) electrons. The molecule has 128 valence electrons. The SMILES string of the molecule is O=C(CCSc1ccccc1)OC1CN(c2nc3ccccc3s2)C1. The summed E-state index contributed by atoms with van der Waals surface area (Å²) in [7, 11) is 0. The molecule has 0 atom stereocenters. The van der Waals surface area contributed by atoms with Crippen LogP contribution in [0.25, 0.3) is 10.2 Å². The fraction of sp³-hybridized carbons (Fsp3) is 0.263. The monoisotopic (exact) mass is 370 g/mol. The van der Waals surface area contributed by atoms with E-state index in [2.05, 4.69) is 28.1 Å². The third kappa shape index (κ3) is 3.96. The van der Waals surface area contributed by atoms with E-state index >= 15 is 0 Å². The van der Waals surface area contributed by atoms with E-state index in [1.807, 2.05) is 36.4 Å². The molecule has 0 N–H and O–H groups in total. The minimum atomic E-state index is -0.114. The Morgan fingerprint density at radius 2 is 1.92 bits per heavy atom. The molecule has 1 saturated heterocycles. The number of carbonyl (C=O) groups excluding carboxylic acids is 1. The zero-order chi connectivity index (χ0) is 17.1. The van der Waals surface area contributed by atoms with Crippen LogP contribution < -0.4 is 4.90 Å². The van der Waals surface area contributed by atoms with Crippen molar-refractivity contribution in [3.8, 4) is 0 Å². The highest BCUT2D eigenvalue weighted by Crippen LogP contribution is 2.31. The summed E-state index contributed by atoms with van der Waals surface area (Å²) in [5.41, 5.74) is 1.03. The molecular weight excluding hydrogens is 352 g/mol. The molecule has 1 aromatic heterocycles. The Bertz CT molecular complexity index is 827. The van der Waals surface area contributed by atoms with Crippen molar-refractivity contribution < 1.29 is 9.53 Å². The zero-order valence-electron chi connectivity index (χ0n) is 13.6. The molecule has 1 aliphatic rings. The van der Waals surface area contributed by atoms with Crippen LogP contribution in [0.15, 0.2) is 59.5 Å². The minimum absolute atomic E-state index is 0.0127. The van der Waals surface area contributed by atoms with Crippen molar-refractivity contribution in [2.75, 3.05) is 23.7 Å². The van der Waals surface area contributed by atoms with Gasteiger partial charge in [-0.05, 0) is 24.3 Å².